The Balaban J connectivity index is 0.00000468. The molecule has 3 aliphatic heterocycles. The van der Waals surface area contributed by atoms with E-state index in [1.807, 2.05) is 39.0 Å². The van der Waals surface area contributed by atoms with Gasteiger partial charge in [-0.2, -0.15) is 17.1 Å². The summed E-state index contributed by atoms with van der Waals surface area (Å²) >= 11 is 0. The number of aromatic nitrogens is 2. The second-order valence-electron chi connectivity index (χ2n) is 13.2. The molecule has 1 aliphatic carbocycles. The van der Waals surface area contributed by atoms with Crippen molar-refractivity contribution in [1.29, 1.82) is 0 Å². The molecule has 2 aromatic heterocycles. The summed E-state index contributed by atoms with van der Waals surface area (Å²) in [5.41, 5.74) is 6.87. The van der Waals surface area contributed by atoms with Gasteiger partial charge in [-0.15, -0.1) is 22.4 Å². The number of ketones is 1. The van der Waals surface area contributed by atoms with Crippen molar-refractivity contribution >= 4 is 70.3 Å². The summed E-state index contributed by atoms with van der Waals surface area (Å²) in [4.78, 5) is 49.1. The molecule has 0 aromatic carbocycles. The summed E-state index contributed by atoms with van der Waals surface area (Å²) in [6, 6.07) is -0.609. The first-order valence-corrected chi connectivity index (χ1v) is 16.6. The number of Topliss-reactive ketones (excluding diaryl/α,β-unsaturated/α-hetero) is 1. The number of carbonyl (C=O) groups is 3. The Morgan fingerprint density at radius 1 is 0.980 bits per heavy atom. The van der Waals surface area contributed by atoms with Crippen molar-refractivity contribution < 1.29 is 29.0 Å². The molecule has 254 valence electrons. The number of rotatable bonds is 8. The quantitative estimate of drug-likeness (QED) is 0.179. The van der Waals surface area contributed by atoms with Gasteiger partial charge < -0.3 is 35.2 Å². The monoisotopic (exact) mass is 674 g/mol. The zero-order valence-corrected chi connectivity index (χ0v) is 30.7. The fourth-order valence-corrected chi connectivity index (χ4v) is 7.94. The number of carbonyl (C=O) groups excluding carboxylic acids is 3. The van der Waals surface area contributed by atoms with Crippen molar-refractivity contribution in [2.45, 2.75) is 66.8 Å². The van der Waals surface area contributed by atoms with Crippen LogP contribution in [-0.2, 0) is 19.1 Å². The summed E-state index contributed by atoms with van der Waals surface area (Å²) in [5.74, 6) is -2.50. The minimum Gasteiger partial charge on any atom is -0.681 e. The Morgan fingerprint density at radius 3 is 2.31 bits per heavy atom. The minimum absolute atomic E-state index is 0. The second kappa shape index (κ2) is 14.1. The molecule has 8 bridgehead atoms. The SMILES string of the molecule is C=CCOC(=O)CC[C@@H]1[C@@H]2[N-]/C(=C\c3[n-]c(c(C(C)=O)c3C)/C=C3\[N-]/C(=C\c4[n-]c5c(c4C)=C(O)[C@H](C(=O)OC)C=52)[C@H](CC)[C@H]3C)[C@H]1C.[Mg+2]. The zero-order valence-electron chi connectivity index (χ0n) is 29.3. The van der Waals surface area contributed by atoms with Crippen LogP contribution in [-0.4, -0.2) is 65.6 Å². The second-order valence-corrected chi connectivity index (χ2v) is 13.2. The summed E-state index contributed by atoms with van der Waals surface area (Å²) in [6.07, 6.45) is 8.70. The zero-order chi connectivity index (χ0) is 34.6. The molecule has 0 unspecified atom stereocenters. The largest absolute Gasteiger partial charge is 2.00 e. The number of aliphatic hydroxyl groups excluding tert-OH is 1. The molecule has 10 nitrogen and oxygen atoms in total. The number of ether oxygens (including phenoxy) is 2. The standard InChI is InChI=1S/C38H43N4O6.Mg/c1-9-13-48-30(44)12-11-23-18(4)25-14-26-19(5)31(21(7)43)29(40-26)16-24-17(3)22(10-2)28(39-24)15-27-20(6)32-36(42-27)33(35(23)41-25)34(37(32)45)38(46)47-8;/h9,14-18,22-23,34-35H,1,10-13H2,2-8H3,(H2-,39,40,43,45);/q-3;+2/p-1/b25-14-,28-15-;/t17-,18+,22-,23+,34-,35+;/m1./s1. The first-order chi connectivity index (χ1) is 22.9. The Kier molecular flexibility index (Phi) is 10.5. The summed E-state index contributed by atoms with van der Waals surface area (Å²) < 4.78 is 10.5. The molecular formula is C38H42MgN4O6-2. The van der Waals surface area contributed by atoms with Crippen molar-refractivity contribution in [3.05, 3.63) is 84.7 Å². The Bertz CT molecular complexity index is 1940. The van der Waals surface area contributed by atoms with E-state index in [0.717, 1.165) is 28.9 Å². The fourth-order valence-electron chi connectivity index (χ4n) is 7.94. The summed E-state index contributed by atoms with van der Waals surface area (Å²) in [7, 11) is 1.30. The third-order valence-electron chi connectivity index (χ3n) is 10.6. The van der Waals surface area contributed by atoms with Crippen LogP contribution in [0.15, 0.2) is 29.7 Å². The molecule has 1 N–H and O–H groups in total. The van der Waals surface area contributed by atoms with E-state index in [2.05, 4.69) is 20.4 Å². The molecule has 0 spiro atoms. The van der Waals surface area contributed by atoms with E-state index in [4.69, 9.17) is 30.1 Å². The molecule has 2 fully saturated rings. The van der Waals surface area contributed by atoms with Gasteiger partial charge in [0.1, 0.15) is 18.3 Å². The minimum atomic E-state index is -1.09. The van der Waals surface area contributed by atoms with Gasteiger partial charge in [-0.25, -0.2) is 0 Å². The Hall–Kier alpha value is -3.96. The number of allylic oxidation sites excluding steroid dienone is 3. The maximum absolute atomic E-state index is 13.4. The number of methoxy groups -OCH3 is 1. The van der Waals surface area contributed by atoms with E-state index in [9.17, 15) is 19.5 Å². The Morgan fingerprint density at radius 2 is 1.65 bits per heavy atom. The van der Waals surface area contributed by atoms with Gasteiger partial charge in [0.25, 0.3) is 0 Å². The molecular weight excluding hydrogens is 633 g/mol. The van der Waals surface area contributed by atoms with Crippen molar-refractivity contribution in [2.75, 3.05) is 13.7 Å². The van der Waals surface area contributed by atoms with Crippen LogP contribution in [0.25, 0.3) is 40.2 Å². The predicted octanol–water partition coefficient (Wildman–Crippen LogP) is 4.96. The molecule has 2 saturated heterocycles. The van der Waals surface area contributed by atoms with Crippen LogP contribution in [0.3, 0.4) is 0 Å². The van der Waals surface area contributed by atoms with E-state index in [-0.39, 0.29) is 77.3 Å². The van der Waals surface area contributed by atoms with Crippen LogP contribution in [0.5, 0.6) is 0 Å². The third kappa shape index (κ3) is 6.09. The molecule has 0 amide bonds. The van der Waals surface area contributed by atoms with Crippen LogP contribution >= 0.6 is 0 Å². The molecule has 11 heteroatoms. The van der Waals surface area contributed by atoms with Gasteiger partial charge in [0, 0.05) is 17.2 Å². The van der Waals surface area contributed by atoms with Gasteiger partial charge in [-0.05, 0) is 50.9 Å². The topological polar surface area (TPSA) is 146 Å². The summed E-state index contributed by atoms with van der Waals surface area (Å²) in [5, 5.41) is 23.0. The van der Waals surface area contributed by atoms with E-state index in [1.54, 1.807) is 6.92 Å². The average Bonchev–Trinajstić information content (AvgIpc) is 3.79. The number of nitrogens with zero attached hydrogens (tertiary/aromatic N) is 4. The van der Waals surface area contributed by atoms with Gasteiger partial charge >= 0.3 is 35.0 Å². The number of hydrogen-bond donors (Lipinski definition) is 1. The number of fused-ring (bicyclic) bond motifs is 8. The van der Waals surface area contributed by atoms with Gasteiger partial charge in [0.2, 0.25) is 0 Å². The van der Waals surface area contributed by atoms with Crippen LogP contribution in [0.4, 0.5) is 0 Å². The van der Waals surface area contributed by atoms with Crippen molar-refractivity contribution in [3.8, 4) is 0 Å². The maximum atomic E-state index is 13.4. The normalized spacial score (nSPS) is 28.2. The third-order valence-corrected chi connectivity index (χ3v) is 10.6. The van der Waals surface area contributed by atoms with Gasteiger partial charge in [0.05, 0.1) is 7.11 Å². The van der Waals surface area contributed by atoms with Gasteiger partial charge in [-0.3, -0.25) is 14.4 Å². The van der Waals surface area contributed by atoms with Crippen molar-refractivity contribution in [3.63, 3.8) is 0 Å². The molecule has 6 atom stereocenters. The molecule has 4 aliphatic rings. The molecule has 2 aromatic rings. The van der Waals surface area contributed by atoms with Gasteiger partial charge in [0.15, 0.2) is 5.78 Å². The van der Waals surface area contributed by atoms with Crippen LogP contribution in [0.2, 0.25) is 0 Å². The van der Waals surface area contributed by atoms with Crippen LogP contribution < -0.4 is 20.5 Å². The maximum Gasteiger partial charge on any atom is 2.00 e. The fraction of sp³-hybridized carbons (Fsp3) is 0.447. The van der Waals surface area contributed by atoms with Crippen LogP contribution in [0, 0.1) is 43.4 Å². The van der Waals surface area contributed by atoms with E-state index < -0.39 is 17.9 Å². The smallest absolute Gasteiger partial charge is 0.681 e. The Labute approximate surface area is 303 Å². The molecule has 0 saturated carbocycles. The first kappa shape index (κ1) is 36.3. The first-order valence-electron chi connectivity index (χ1n) is 16.6. The van der Waals surface area contributed by atoms with E-state index in [0.29, 0.717) is 50.9 Å². The van der Waals surface area contributed by atoms with E-state index >= 15 is 0 Å². The van der Waals surface area contributed by atoms with Gasteiger partial charge in [-0.1, -0.05) is 80.8 Å². The van der Waals surface area contributed by atoms with Crippen molar-refractivity contribution in [1.82, 2.24) is 9.97 Å². The number of esters is 2. The van der Waals surface area contributed by atoms with E-state index in [1.165, 1.54) is 13.2 Å². The number of hydrogen-bond acceptors (Lipinski definition) is 6. The van der Waals surface area contributed by atoms with Crippen LogP contribution in [0.1, 0.15) is 85.5 Å². The predicted molar refractivity (Wildman–Crippen MR) is 189 cm³/mol. The molecule has 49 heavy (non-hydrogen) atoms. The number of aliphatic hydroxyl groups is 1. The molecule has 5 heterocycles. The average molecular weight is 675 g/mol. The van der Waals surface area contributed by atoms with Crippen molar-refractivity contribution in [2.24, 2.45) is 29.6 Å². The summed E-state index contributed by atoms with van der Waals surface area (Å²) in [6.45, 7) is 15.4. The molecule has 0 radical (unpaired) electrons. The molecule has 6 rings (SSSR count).